The summed E-state index contributed by atoms with van der Waals surface area (Å²) in [7, 11) is 0. The highest BCUT2D eigenvalue weighted by atomic mass is 16.7. The third-order valence-corrected chi connectivity index (χ3v) is 0.519. The minimum Gasteiger partial charge on any atom is -0.369 e. The predicted molar refractivity (Wildman–Crippen MR) is 26.5 cm³/mol. The summed E-state index contributed by atoms with van der Waals surface area (Å²) in [6, 6.07) is 0. The molecule has 0 spiro atoms. The van der Waals surface area contributed by atoms with Crippen molar-refractivity contribution in [3.05, 3.63) is 0 Å². The second-order valence-corrected chi connectivity index (χ2v) is 1.17. The SMILES string of the molecule is CCCNOCO. The molecule has 3 nitrogen and oxygen atoms in total. The molecule has 3 heteroatoms. The van der Waals surface area contributed by atoms with E-state index in [-0.39, 0.29) is 6.79 Å². The lowest BCUT2D eigenvalue weighted by molar-refractivity contribution is -0.0605. The molecule has 0 heterocycles. The first-order chi connectivity index (χ1) is 3.41. The van der Waals surface area contributed by atoms with Crippen molar-refractivity contribution >= 4 is 0 Å². The molecule has 0 fully saturated rings. The monoisotopic (exact) mass is 105 g/mol. The average Bonchev–Trinajstić information content (AvgIpc) is 1.69. The Labute approximate surface area is 43.2 Å². The van der Waals surface area contributed by atoms with Crippen molar-refractivity contribution in [1.82, 2.24) is 5.48 Å². The highest BCUT2D eigenvalue weighted by Crippen LogP contribution is 1.67. The number of hydrogen-bond donors (Lipinski definition) is 2. The molecule has 0 aromatic carbocycles. The van der Waals surface area contributed by atoms with Gasteiger partial charge in [0, 0.05) is 6.54 Å². The molecule has 44 valence electrons. The van der Waals surface area contributed by atoms with Gasteiger partial charge in [-0.3, -0.25) is 4.84 Å². The normalized spacial score (nSPS) is 9.43. The van der Waals surface area contributed by atoms with Crippen LogP contribution in [0.4, 0.5) is 0 Å². The van der Waals surface area contributed by atoms with Crippen molar-refractivity contribution in [2.24, 2.45) is 0 Å². The van der Waals surface area contributed by atoms with E-state index in [2.05, 4.69) is 10.3 Å². The molecular weight excluding hydrogens is 94.0 g/mol. The topological polar surface area (TPSA) is 41.5 Å². The van der Waals surface area contributed by atoms with Crippen molar-refractivity contribution in [3.63, 3.8) is 0 Å². The van der Waals surface area contributed by atoms with Crippen molar-refractivity contribution in [3.8, 4) is 0 Å². The van der Waals surface area contributed by atoms with Gasteiger partial charge in [0.2, 0.25) is 0 Å². The third kappa shape index (κ3) is 5.88. The molecule has 0 saturated heterocycles. The fourth-order valence-electron chi connectivity index (χ4n) is 0.220. The Hall–Kier alpha value is -0.120. The first kappa shape index (κ1) is 6.88. The Bertz CT molecular complexity index is 28.9. The van der Waals surface area contributed by atoms with Crippen LogP contribution in [-0.2, 0) is 4.84 Å². The van der Waals surface area contributed by atoms with E-state index in [0.29, 0.717) is 0 Å². The number of rotatable bonds is 4. The minimum atomic E-state index is -0.250. The van der Waals surface area contributed by atoms with E-state index in [1.165, 1.54) is 0 Å². The molecule has 0 aliphatic carbocycles. The van der Waals surface area contributed by atoms with Crippen LogP contribution in [0.2, 0.25) is 0 Å². The molecule has 0 aromatic heterocycles. The van der Waals surface area contributed by atoms with Crippen molar-refractivity contribution in [2.75, 3.05) is 13.3 Å². The van der Waals surface area contributed by atoms with Gasteiger partial charge in [0.15, 0.2) is 6.79 Å². The first-order valence-electron chi connectivity index (χ1n) is 2.37. The molecule has 2 N–H and O–H groups in total. The fourth-order valence-corrected chi connectivity index (χ4v) is 0.220. The predicted octanol–water partition coefficient (Wildman–Crippen LogP) is -0.133. The van der Waals surface area contributed by atoms with Gasteiger partial charge in [-0.25, -0.2) is 0 Å². The van der Waals surface area contributed by atoms with E-state index in [4.69, 9.17) is 5.11 Å². The highest BCUT2D eigenvalue weighted by Gasteiger charge is 1.76. The van der Waals surface area contributed by atoms with Crippen LogP contribution in [0.5, 0.6) is 0 Å². The molecule has 0 saturated carbocycles. The molecule has 0 amide bonds. The zero-order valence-electron chi connectivity index (χ0n) is 4.48. The molecule has 0 radical (unpaired) electrons. The molecule has 0 aromatic rings. The Kier molecular flexibility index (Phi) is 5.78. The Balaban J connectivity index is 2.45. The molecule has 7 heavy (non-hydrogen) atoms. The second-order valence-electron chi connectivity index (χ2n) is 1.17. The molecule has 0 atom stereocenters. The lowest BCUT2D eigenvalue weighted by Crippen LogP contribution is -2.15. The number of aliphatic hydroxyl groups excluding tert-OH is 1. The minimum absolute atomic E-state index is 0.250. The first-order valence-corrected chi connectivity index (χ1v) is 2.37. The van der Waals surface area contributed by atoms with Gasteiger partial charge < -0.3 is 5.11 Å². The summed E-state index contributed by atoms with van der Waals surface area (Å²) in [5, 5.41) is 8.01. The maximum absolute atomic E-state index is 8.01. The van der Waals surface area contributed by atoms with E-state index < -0.39 is 0 Å². The Morgan fingerprint density at radius 1 is 1.71 bits per heavy atom. The maximum atomic E-state index is 8.01. The van der Waals surface area contributed by atoms with E-state index in [0.717, 1.165) is 13.0 Å². The van der Waals surface area contributed by atoms with Crippen LogP contribution in [-0.4, -0.2) is 18.4 Å². The average molecular weight is 105 g/mol. The summed E-state index contributed by atoms with van der Waals surface area (Å²) in [6.07, 6.45) is 1.01. The molecule has 0 aliphatic heterocycles. The van der Waals surface area contributed by atoms with Crippen LogP contribution in [0.25, 0.3) is 0 Å². The van der Waals surface area contributed by atoms with Crippen LogP contribution in [0.15, 0.2) is 0 Å². The molecular formula is C4H11NO2. The van der Waals surface area contributed by atoms with Crippen LogP contribution < -0.4 is 5.48 Å². The van der Waals surface area contributed by atoms with Gasteiger partial charge in [-0.05, 0) is 6.42 Å². The Morgan fingerprint density at radius 2 is 2.43 bits per heavy atom. The van der Waals surface area contributed by atoms with Crippen molar-refractivity contribution < 1.29 is 9.94 Å². The maximum Gasteiger partial charge on any atom is 0.163 e. The van der Waals surface area contributed by atoms with Gasteiger partial charge in [-0.15, -0.1) is 0 Å². The summed E-state index contributed by atoms with van der Waals surface area (Å²) in [6.45, 7) is 2.56. The van der Waals surface area contributed by atoms with Crippen LogP contribution in [0.3, 0.4) is 0 Å². The lowest BCUT2D eigenvalue weighted by atomic mass is 10.5. The van der Waals surface area contributed by atoms with Gasteiger partial charge in [-0.1, -0.05) is 6.92 Å². The van der Waals surface area contributed by atoms with Gasteiger partial charge >= 0.3 is 0 Å². The lowest BCUT2D eigenvalue weighted by Gasteiger charge is -1.96. The highest BCUT2D eigenvalue weighted by molar-refractivity contribution is 4.24. The smallest absolute Gasteiger partial charge is 0.163 e. The zero-order chi connectivity index (χ0) is 5.54. The number of aliphatic hydroxyl groups is 1. The van der Waals surface area contributed by atoms with Crippen LogP contribution in [0, 0.1) is 0 Å². The fraction of sp³-hybridized carbons (Fsp3) is 1.00. The van der Waals surface area contributed by atoms with E-state index >= 15 is 0 Å². The molecule has 0 bridgehead atoms. The zero-order valence-corrected chi connectivity index (χ0v) is 4.48. The summed E-state index contributed by atoms with van der Waals surface area (Å²) in [5.74, 6) is 0. The van der Waals surface area contributed by atoms with E-state index in [9.17, 15) is 0 Å². The molecule has 0 rings (SSSR count). The second kappa shape index (κ2) is 5.88. The van der Waals surface area contributed by atoms with Crippen LogP contribution >= 0.6 is 0 Å². The van der Waals surface area contributed by atoms with Crippen LogP contribution in [0.1, 0.15) is 13.3 Å². The summed E-state index contributed by atoms with van der Waals surface area (Å²) in [4.78, 5) is 4.38. The van der Waals surface area contributed by atoms with Gasteiger partial charge in [0.1, 0.15) is 0 Å². The van der Waals surface area contributed by atoms with E-state index in [1.54, 1.807) is 0 Å². The third-order valence-electron chi connectivity index (χ3n) is 0.519. The van der Waals surface area contributed by atoms with E-state index in [1.807, 2.05) is 6.92 Å². The van der Waals surface area contributed by atoms with Crippen molar-refractivity contribution in [1.29, 1.82) is 0 Å². The summed E-state index contributed by atoms with van der Waals surface area (Å²) in [5.41, 5.74) is 2.53. The summed E-state index contributed by atoms with van der Waals surface area (Å²) >= 11 is 0. The van der Waals surface area contributed by atoms with Gasteiger partial charge in [0.25, 0.3) is 0 Å². The largest absolute Gasteiger partial charge is 0.369 e. The Morgan fingerprint density at radius 3 is 2.86 bits per heavy atom. The molecule has 0 aliphatic rings. The van der Waals surface area contributed by atoms with Gasteiger partial charge in [0.05, 0.1) is 0 Å². The quantitative estimate of drug-likeness (QED) is 0.297. The molecule has 0 unspecified atom stereocenters. The standard InChI is InChI=1S/C4H11NO2/c1-2-3-5-7-4-6/h5-6H,2-4H2,1H3. The number of hydrogen-bond acceptors (Lipinski definition) is 3. The van der Waals surface area contributed by atoms with Gasteiger partial charge in [-0.2, -0.15) is 5.48 Å². The number of nitrogens with one attached hydrogen (secondary N) is 1. The van der Waals surface area contributed by atoms with Crippen molar-refractivity contribution in [2.45, 2.75) is 13.3 Å². The number of hydroxylamine groups is 1. The summed E-state index contributed by atoms with van der Waals surface area (Å²) < 4.78 is 0.